The Labute approximate surface area is 175 Å². The Kier molecular flexibility index (Phi) is 4.58. The van der Waals surface area contributed by atoms with Crippen molar-refractivity contribution >= 4 is 34.4 Å². The average molecular weight is 428 g/mol. The van der Waals surface area contributed by atoms with E-state index in [0.717, 1.165) is 5.69 Å². The van der Waals surface area contributed by atoms with Gasteiger partial charge in [0.2, 0.25) is 0 Å². The lowest BCUT2D eigenvalue weighted by atomic mass is 10.1. The first-order chi connectivity index (χ1) is 14.5. The van der Waals surface area contributed by atoms with Gasteiger partial charge in [0, 0.05) is 25.2 Å². The first-order valence-corrected chi connectivity index (χ1v) is 10.4. The molecule has 1 saturated heterocycles. The second-order valence-corrected chi connectivity index (χ2v) is 8.30. The third-order valence-corrected chi connectivity index (χ3v) is 6.42. The van der Waals surface area contributed by atoms with Crippen LogP contribution >= 0.6 is 11.3 Å². The molecule has 0 radical (unpaired) electrons. The van der Waals surface area contributed by atoms with E-state index in [4.69, 9.17) is 5.73 Å². The molecule has 1 amide bonds. The SMILES string of the molecule is Nc1cc(N2CCc3nc(-c4cnc(N5CCC(F)C5)cn4)sc3C2=O)ccc1F. The number of hydrogen-bond acceptors (Lipinski definition) is 7. The third-order valence-electron chi connectivity index (χ3n) is 5.31. The fourth-order valence-corrected chi connectivity index (χ4v) is 4.73. The van der Waals surface area contributed by atoms with Gasteiger partial charge in [-0.3, -0.25) is 4.79 Å². The molecule has 0 bridgehead atoms. The number of carbonyl (C=O) groups excluding carboxylic acids is 1. The van der Waals surface area contributed by atoms with E-state index in [1.165, 1.54) is 23.5 Å². The molecule has 5 rings (SSSR count). The van der Waals surface area contributed by atoms with Crippen LogP contribution in [-0.2, 0) is 6.42 Å². The minimum atomic E-state index is -0.831. The summed E-state index contributed by atoms with van der Waals surface area (Å²) in [7, 11) is 0. The van der Waals surface area contributed by atoms with Crippen LogP contribution in [-0.4, -0.2) is 46.7 Å². The molecule has 10 heteroatoms. The largest absolute Gasteiger partial charge is 0.396 e. The average Bonchev–Trinajstić information content (AvgIpc) is 3.38. The molecule has 2 aliphatic heterocycles. The van der Waals surface area contributed by atoms with Gasteiger partial charge in [0.1, 0.15) is 33.4 Å². The van der Waals surface area contributed by atoms with E-state index in [-0.39, 0.29) is 11.6 Å². The first kappa shape index (κ1) is 18.9. The molecule has 2 aliphatic rings. The van der Waals surface area contributed by atoms with Crippen LogP contribution < -0.4 is 15.5 Å². The number of rotatable bonds is 3. The van der Waals surface area contributed by atoms with Crippen molar-refractivity contribution in [2.45, 2.75) is 19.0 Å². The van der Waals surface area contributed by atoms with Crippen LogP contribution in [0.25, 0.3) is 10.7 Å². The van der Waals surface area contributed by atoms with Crippen LogP contribution in [0.3, 0.4) is 0 Å². The van der Waals surface area contributed by atoms with Crippen molar-refractivity contribution in [2.24, 2.45) is 0 Å². The standard InChI is InChI=1S/C20H18F2N6OS/c21-11-3-5-27(10-11)17-9-24-16(8-25-17)19-26-15-4-6-28(20(29)18(15)30-19)12-1-2-13(22)14(23)7-12/h1-2,7-9,11H,3-6,10,23H2. The van der Waals surface area contributed by atoms with Crippen LogP contribution in [0.2, 0.25) is 0 Å². The summed E-state index contributed by atoms with van der Waals surface area (Å²) < 4.78 is 26.9. The van der Waals surface area contributed by atoms with Crippen molar-refractivity contribution in [3.05, 3.63) is 47.0 Å². The molecule has 3 aromatic rings. The Morgan fingerprint density at radius 1 is 1.20 bits per heavy atom. The summed E-state index contributed by atoms with van der Waals surface area (Å²) in [6.45, 7) is 1.39. The highest BCUT2D eigenvalue weighted by atomic mass is 32.1. The fourth-order valence-electron chi connectivity index (χ4n) is 3.71. The molecule has 0 aliphatic carbocycles. The summed E-state index contributed by atoms with van der Waals surface area (Å²) in [6.07, 6.45) is 3.46. The number of nitrogen functional groups attached to an aromatic ring is 1. The zero-order chi connectivity index (χ0) is 20.8. The molecule has 4 heterocycles. The highest BCUT2D eigenvalue weighted by Gasteiger charge is 2.30. The topological polar surface area (TPSA) is 88.2 Å². The number of nitrogens with two attached hydrogens (primary N) is 1. The van der Waals surface area contributed by atoms with Gasteiger partial charge in [-0.2, -0.15) is 0 Å². The first-order valence-electron chi connectivity index (χ1n) is 9.57. The van der Waals surface area contributed by atoms with Crippen LogP contribution in [0.15, 0.2) is 30.6 Å². The van der Waals surface area contributed by atoms with Gasteiger partial charge in [-0.05, 0) is 24.6 Å². The quantitative estimate of drug-likeness (QED) is 0.645. The summed E-state index contributed by atoms with van der Waals surface area (Å²) in [5.41, 5.74) is 7.50. The maximum Gasteiger partial charge on any atom is 0.270 e. The number of anilines is 3. The lowest BCUT2D eigenvalue weighted by Gasteiger charge is -2.26. The van der Waals surface area contributed by atoms with Gasteiger partial charge in [-0.15, -0.1) is 11.3 Å². The van der Waals surface area contributed by atoms with E-state index in [2.05, 4.69) is 15.0 Å². The second-order valence-electron chi connectivity index (χ2n) is 7.30. The van der Waals surface area contributed by atoms with Gasteiger partial charge in [-0.25, -0.2) is 23.7 Å². The van der Waals surface area contributed by atoms with Crippen LogP contribution in [0.4, 0.5) is 26.0 Å². The summed E-state index contributed by atoms with van der Waals surface area (Å²) in [5, 5.41) is 0.609. The summed E-state index contributed by atoms with van der Waals surface area (Å²) in [6, 6.07) is 4.26. The van der Waals surface area contributed by atoms with Gasteiger partial charge >= 0.3 is 0 Å². The monoisotopic (exact) mass is 428 g/mol. The number of carbonyl (C=O) groups is 1. The molecule has 1 fully saturated rings. The van der Waals surface area contributed by atoms with Crippen molar-refractivity contribution in [2.75, 3.05) is 35.2 Å². The number of benzene rings is 1. The van der Waals surface area contributed by atoms with Crippen LogP contribution in [0, 0.1) is 5.82 Å². The second kappa shape index (κ2) is 7.28. The number of thiazole rings is 1. The number of hydrogen-bond donors (Lipinski definition) is 1. The molecule has 2 N–H and O–H groups in total. The van der Waals surface area contributed by atoms with Crippen molar-refractivity contribution in [1.29, 1.82) is 0 Å². The Bertz CT molecular complexity index is 1120. The van der Waals surface area contributed by atoms with E-state index in [9.17, 15) is 13.6 Å². The Morgan fingerprint density at radius 2 is 2.07 bits per heavy atom. The van der Waals surface area contributed by atoms with Gasteiger partial charge in [0.25, 0.3) is 5.91 Å². The molecule has 0 spiro atoms. The minimum absolute atomic E-state index is 0.00328. The Hall–Kier alpha value is -3.14. The molecule has 0 saturated carbocycles. The lowest BCUT2D eigenvalue weighted by Crippen LogP contribution is -2.37. The predicted octanol–water partition coefficient (Wildman–Crippen LogP) is 3.07. The van der Waals surface area contributed by atoms with Gasteiger partial charge < -0.3 is 15.5 Å². The molecule has 2 aromatic heterocycles. The predicted molar refractivity (Wildman–Crippen MR) is 111 cm³/mol. The number of halogens is 2. The van der Waals surface area contributed by atoms with E-state index in [1.54, 1.807) is 23.4 Å². The van der Waals surface area contributed by atoms with E-state index in [1.807, 2.05) is 4.90 Å². The Balaban J connectivity index is 1.39. The minimum Gasteiger partial charge on any atom is -0.396 e. The molecule has 30 heavy (non-hydrogen) atoms. The van der Waals surface area contributed by atoms with E-state index in [0.29, 0.717) is 59.6 Å². The molecule has 1 unspecified atom stereocenters. The molecule has 1 aromatic carbocycles. The molecule has 7 nitrogen and oxygen atoms in total. The van der Waals surface area contributed by atoms with Crippen molar-refractivity contribution in [1.82, 2.24) is 15.0 Å². The van der Waals surface area contributed by atoms with Crippen molar-refractivity contribution < 1.29 is 13.6 Å². The number of nitrogens with zero attached hydrogens (tertiary/aromatic N) is 5. The summed E-state index contributed by atoms with van der Waals surface area (Å²) in [5.74, 6) is -0.0695. The van der Waals surface area contributed by atoms with E-state index >= 15 is 0 Å². The lowest BCUT2D eigenvalue weighted by molar-refractivity contribution is 0.0984. The normalized spacial score (nSPS) is 18.7. The van der Waals surface area contributed by atoms with Gasteiger partial charge in [0.05, 0.1) is 30.3 Å². The highest BCUT2D eigenvalue weighted by Crippen LogP contribution is 2.33. The molecular weight excluding hydrogens is 410 g/mol. The van der Waals surface area contributed by atoms with Crippen LogP contribution in [0.1, 0.15) is 21.8 Å². The van der Waals surface area contributed by atoms with Crippen molar-refractivity contribution in [3.8, 4) is 10.7 Å². The maximum absolute atomic E-state index is 13.5. The smallest absolute Gasteiger partial charge is 0.270 e. The van der Waals surface area contributed by atoms with Crippen LogP contribution in [0.5, 0.6) is 0 Å². The van der Waals surface area contributed by atoms with Crippen molar-refractivity contribution in [3.63, 3.8) is 0 Å². The zero-order valence-corrected chi connectivity index (χ0v) is 16.7. The Morgan fingerprint density at radius 3 is 2.77 bits per heavy atom. The van der Waals surface area contributed by atoms with Gasteiger partial charge in [-0.1, -0.05) is 0 Å². The number of aromatic nitrogens is 3. The highest BCUT2D eigenvalue weighted by molar-refractivity contribution is 7.17. The van der Waals surface area contributed by atoms with Gasteiger partial charge in [0.15, 0.2) is 0 Å². The number of alkyl halides is 1. The number of amides is 1. The summed E-state index contributed by atoms with van der Waals surface area (Å²) >= 11 is 1.26. The molecular formula is C20H18F2N6OS. The fraction of sp³-hybridized carbons (Fsp3) is 0.300. The zero-order valence-electron chi connectivity index (χ0n) is 15.9. The maximum atomic E-state index is 13.5. The molecule has 154 valence electrons. The molecule has 1 atom stereocenters. The summed E-state index contributed by atoms with van der Waals surface area (Å²) in [4.78, 5) is 30.4. The number of fused-ring (bicyclic) bond motifs is 1. The third kappa shape index (κ3) is 3.26. The van der Waals surface area contributed by atoms with E-state index < -0.39 is 12.0 Å².